The Morgan fingerprint density at radius 2 is 2.00 bits per heavy atom. The third-order valence-corrected chi connectivity index (χ3v) is 1.38. The van der Waals surface area contributed by atoms with Crippen molar-refractivity contribution in [3.05, 3.63) is 23.4 Å². The zero-order chi connectivity index (χ0) is 9.14. The molecule has 0 aromatic heterocycles. The first-order chi connectivity index (χ1) is 5.61. The fraction of sp³-hybridized carbons (Fsp3) is 0.143. The minimum Gasteiger partial charge on any atom is -0.545 e. The highest BCUT2D eigenvalue weighted by Crippen LogP contribution is 2.04. The van der Waals surface area contributed by atoms with Gasteiger partial charge >= 0.3 is 0 Å². The van der Waals surface area contributed by atoms with E-state index in [1.165, 1.54) is 6.20 Å². The standard InChI is InChI=1S/C7H7NO4/c9-6(10)4-1-5(7(11)12)3-8-2-4/h1-2,8H,3H2,(H,9,10)(H,11,12)/p-2. The second-order valence-electron chi connectivity index (χ2n) is 2.23. The highest BCUT2D eigenvalue weighted by atomic mass is 16.4. The third kappa shape index (κ3) is 1.63. The molecule has 1 heterocycles. The molecule has 1 N–H and O–H groups in total. The molecule has 0 amide bonds. The summed E-state index contributed by atoms with van der Waals surface area (Å²) in [5.74, 6) is -2.80. The zero-order valence-electron chi connectivity index (χ0n) is 5.99. The number of hydrogen-bond donors (Lipinski definition) is 1. The first-order valence-electron chi connectivity index (χ1n) is 3.18. The number of dihydropyridines is 1. The van der Waals surface area contributed by atoms with Gasteiger partial charge in [0.25, 0.3) is 0 Å². The van der Waals surface area contributed by atoms with Gasteiger partial charge in [-0.1, -0.05) is 0 Å². The van der Waals surface area contributed by atoms with Crippen LogP contribution in [-0.4, -0.2) is 18.5 Å². The summed E-state index contributed by atoms with van der Waals surface area (Å²) in [4.78, 5) is 20.5. The smallest absolute Gasteiger partial charge is 0.0729 e. The Bertz CT molecular complexity index is 290. The minimum absolute atomic E-state index is 0.0686. The maximum absolute atomic E-state index is 10.3. The number of carbonyl (C=O) groups excluding carboxylic acids is 2. The topological polar surface area (TPSA) is 92.3 Å². The fourth-order valence-corrected chi connectivity index (χ4v) is 0.800. The molecule has 0 fully saturated rings. The van der Waals surface area contributed by atoms with E-state index in [1.54, 1.807) is 0 Å². The fourth-order valence-electron chi connectivity index (χ4n) is 0.800. The molecule has 0 atom stereocenters. The molecule has 5 heteroatoms. The van der Waals surface area contributed by atoms with Crippen LogP contribution >= 0.6 is 0 Å². The highest BCUT2D eigenvalue weighted by Gasteiger charge is 2.05. The van der Waals surface area contributed by atoms with Crippen LogP contribution in [0.25, 0.3) is 0 Å². The number of hydrogen-bond acceptors (Lipinski definition) is 5. The minimum atomic E-state index is -1.42. The molecule has 0 unspecified atom stereocenters. The molecule has 0 aliphatic carbocycles. The van der Waals surface area contributed by atoms with Crippen LogP contribution in [0.3, 0.4) is 0 Å². The molecular formula is C7H5NO4-2. The molecule has 1 rings (SSSR count). The van der Waals surface area contributed by atoms with Gasteiger partial charge in [-0.25, -0.2) is 0 Å². The van der Waals surface area contributed by atoms with Crippen LogP contribution in [0, 0.1) is 0 Å². The maximum atomic E-state index is 10.3. The number of rotatable bonds is 2. The molecule has 0 saturated heterocycles. The maximum Gasteiger partial charge on any atom is 0.0729 e. The normalized spacial score (nSPS) is 15.7. The molecule has 1 aliphatic rings. The van der Waals surface area contributed by atoms with Crippen molar-refractivity contribution in [2.24, 2.45) is 0 Å². The summed E-state index contributed by atoms with van der Waals surface area (Å²) < 4.78 is 0. The predicted molar refractivity (Wildman–Crippen MR) is 34.2 cm³/mol. The average molecular weight is 167 g/mol. The van der Waals surface area contributed by atoms with E-state index >= 15 is 0 Å². The summed E-state index contributed by atoms with van der Waals surface area (Å²) in [7, 11) is 0. The molecule has 0 radical (unpaired) electrons. The van der Waals surface area contributed by atoms with E-state index in [4.69, 9.17) is 0 Å². The lowest BCUT2D eigenvalue weighted by molar-refractivity contribution is -0.299. The van der Waals surface area contributed by atoms with Crippen molar-refractivity contribution >= 4 is 11.9 Å². The molecule has 0 aromatic carbocycles. The van der Waals surface area contributed by atoms with E-state index in [-0.39, 0.29) is 17.7 Å². The molecule has 1 aliphatic heterocycles. The quantitative estimate of drug-likeness (QED) is 0.470. The van der Waals surface area contributed by atoms with Crippen molar-refractivity contribution in [1.29, 1.82) is 0 Å². The second kappa shape index (κ2) is 3.08. The molecule has 0 spiro atoms. The summed E-state index contributed by atoms with van der Waals surface area (Å²) in [6.45, 7) is 0.0686. The Labute approximate surface area is 68.0 Å². The third-order valence-electron chi connectivity index (χ3n) is 1.38. The van der Waals surface area contributed by atoms with Crippen molar-refractivity contribution in [2.45, 2.75) is 0 Å². The van der Waals surface area contributed by atoms with E-state index < -0.39 is 11.9 Å². The van der Waals surface area contributed by atoms with Gasteiger partial charge in [-0.05, 0) is 11.6 Å². The van der Waals surface area contributed by atoms with Gasteiger partial charge in [0, 0.05) is 18.3 Å². The number of aliphatic carboxylic acids is 2. The summed E-state index contributed by atoms with van der Waals surface area (Å²) in [5.41, 5.74) is -0.294. The van der Waals surface area contributed by atoms with E-state index in [9.17, 15) is 19.8 Å². The van der Waals surface area contributed by atoms with E-state index in [0.717, 1.165) is 6.08 Å². The summed E-state index contributed by atoms with van der Waals surface area (Å²) in [6.07, 6.45) is 2.20. The summed E-state index contributed by atoms with van der Waals surface area (Å²) in [5, 5.41) is 23.0. The van der Waals surface area contributed by atoms with Gasteiger partial charge in [0.05, 0.1) is 11.9 Å². The Balaban J connectivity index is 2.88. The lowest BCUT2D eigenvalue weighted by atomic mass is 10.1. The largest absolute Gasteiger partial charge is 0.545 e. The zero-order valence-corrected chi connectivity index (χ0v) is 5.99. The first kappa shape index (κ1) is 8.32. The predicted octanol–water partition coefficient (Wildman–Crippen LogP) is -3.10. The van der Waals surface area contributed by atoms with Crippen molar-refractivity contribution in [3.63, 3.8) is 0 Å². The first-order valence-corrected chi connectivity index (χ1v) is 3.18. The number of carboxylic acids is 2. The monoisotopic (exact) mass is 167 g/mol. The second-order valence-corrected chi connectivity index (χ2v) is 2.23. The Morgan fingerprint density at radius 3 is 2.50 bits per heavy atom. The number of carboxylic acid groups (broad SMARTS) is 2. The van der Waals surface area contributed by atoms with Gasteiger partial charge in [-0.15, -0.1) is 0 Å². The molecule has 0 aromatic rings. The van der Waals surface area contributed by atoms with E-state index in [2.05, 4.69) is 5.32 Å². The van der Waals surface area contributed by atoms with Crippen molar-refractivity contribution in [2.75, 3.05) is 6.54 Å². The van der Waals surface area contributed by atoms with Crippen LogP contribution in [0.2, 0.25) is 0 Å². The molecule has 64 valence electrons. The van der Waals surface area contributed by atoms with E-state index in [1.807, 2.05) is 0 Å². The lowest BCUT2D eigenvalue weighted by Crippen LogP contribution is -2.34. The molecule has 12 heavy (non-hydrogen) atoms. The Hall–Kier alpha value is -1.78. The van der Waals surface area contributed by atoms with Crippen molar-refractivity contribution < 1.29 is 19.8 Å². The SMILES string of the molecule is O=C([O-])C1=CNCC(C(=O)[O-])=C1. The van der Waals surface area contributed by atoms with Gasteiger partial charge in [0.1, 0.15) is 0 Å². The van der Waals surface area contributed by atoms with Crippen LogP contribution in [0.4, 0.5) is 0 Å². The number of carbonyl (C=O) groups is 2. The molecular weight excluding hydrogens is 162 g/mol. The van der Waals surface area contributed by atoms with Crippen LogP contribution in [0.1, 0.15) is 0 Å². The van der Waals surface area contributed by atoms with Crippen molar-refractivity contribution in [1.82, 2.24) is 5.32 Å². The van der Waals surface area contributed by atoms with Crippen LogP contribution in [-0.2, 0) is 9.59 Å². The van der Waals surface area contributed by atoms with Crippen LogP contribution in [0.15, 0.2) is 23.4 Å². The number of nitrogens with one attached hydrogen (secondary N) is 1. The van der Waals surface area contributed by atoms with E-state index in [0.29, 0.717) is 0 Å². The van der Waals surface area contributed by atoms with Crippen molar-refractivity contribution in [3.8, 4) is 0 Å². The summed E-state index contributed by atoms with van der Waals surface area (Å²) in [6, 6.07) is 0. The Kier molecular flexibility index (Phi) is 2.14. The molecule has 0 saturated carbocycles. The van der Waals surface area contributed by atoms with Gasteiger partial charge < -0.3 is 25.1 Å². The highest BCUT2D eigenvalue weighted by molar-refractivity contribution is 5.94. The van der Waals surface area contributed by atoms with Crippen LogP contribution in [0.5, 0.6) is 0 Å². The lowest BCUT2D eigenvalue weighted by Gasteiger charge is -2.16. The average Bonchev–Trinajstić information content (AvgIpc) is 2.04. The van der Waals surface area contributed by atoms with Gasteiger partial charge in [-0.3, -0.25) is 0 Å². The van der Waals surface area contributed by atoms with Crippen LogP contribution < -0.4 is 15.5 Å². The molecule has 5 nitrogen and oxygen atoms in total. The Morgan fingerprint density at radius 1 is 1.33 bits per heavy atom. The van der Waals surface area contributed by atoms with Gasteiger partial charge in [-0.2, -0.15) is 0 Å². The molecule has 0 bridgehead atoms. The summed E-state index contributed by atoms with van der Waals surface area (Å²) >= 11 is 0. The van der Waals surface area contributed by atoms with Gasteiger partial charge in [0.15, 0.2) is 0 Å². The van der Waals surface area contributed by atoms with Gasteiger partial charge in [0.2, 0.25) is 0 Å².